The highest BCUT2D eigenvalue weighted by atomic mass is 16.5. The zero-order valence-electron chi connectivity index (χ0n) is 6.07. The molecule has 0 saturated carbocycles. The maximum Gasteiger partial charge on any atom is 0.181 e. The second-order valence-electron chi connectivity index (χ2n) is 2.19. The molecule has 0 N–H and O–H groups in total. The summed E-state index contributed by atoms with van der Waals surface area (Å²) in [4.78, 5) is 3.98. The first-order valence-corrected chi connectivity index (χ1v) is 3.27. The van der Waals surface area contributed by atoms with Crippen molar-refractivity contribution < 1.29 is 9.15 Å². The van der Waals surface area contributed by atoms with Gasteiger partial charge in [-0.1, -0.05) is 0 Å². The van der Waals surface area contributed by atoms with Gasteiger partial charge in [-0.25, -0.2) is 4.98 Å². The number of hydrogen-bond donors (Lipinski definition) is 0. The standard InChI is InChI=1S/C8H7NO2/c1-10-6-2-3-8-7(4-6)9-5-11-8/h2-5H,1H3. The molecule has 0 unspecified atom stereocenters. The Labute approximate surface area is 63.6 Å². The predicted molar refractivity (Wildman–Crippen MR) is 40.6 cm³/mol. The zero-order chi connectivity index (χ0) is 7.68. The molecule has 0 atom stereocenters. The van der Waals surface area contributed by atoms with E-state index in [1.54, 1.807) is 7.11 Å². The maximum absolute atomic E-state index is 5.05. The van der Waals surface area contributed by atoms with Gasteiger partial charge >= 0.3 is 0 Å². The summed E-state index contributed by atoms with van der Waals surface area (Å²) in [5, 5.41) is 0. The highest BCUT2D eigenvalue weighted by molar-refractivity contribution is 5.73. The number of oxazole rings is 1. The number of benzene rings is 1. The predicted octanol–water partition coefficient (Wildman–Crippen LogP) is 1.84. The molecule has 0 spiro atoms. The van der Waals surface area contributed by atoms with Gasteiger partial charge in [-0.2, -0.15) is 0 Å². The van der Waals surface area contributed by atoms with Gasteiger partial charge in [0.15, 0.2) is 12.0 Å². The first-order chi connectivity index (χ1) is 5.40. The number of aromatic nitrogens is 1. The molecule has 1 heterocycles. The van der Waals surface area contributed by atoms with E-state index >= 15 is 0 Å². The van der Waals surface area contributed by atoms with Gasteiger partial charge < -0.3 is 9.15 Å². The van der Waals surface area contributed by atoms with Crippen molar-refractivity contribution in [3.63, 3.8) is 0 Å². The third-order valence-electron chi connectivity index (χ3n) is 1.54. The Balaban J connectivity index is 2.67. The molecule has 0 radical (unpaired) electrons. The highest BCUT2D eigenvalue weighted by Crippen LogP contribution is 2.18. The Hall–Kier alpha value is -1.51. The molecule has 56 valence electrons. The van der Waals surface area contributed by atoms with Gasteiger partial charge in [-0.15, -0.1) is 0 Å². The summed E-state index contributed by atoms with van der Waals surface area (Å²) in [6, 6.07) is 5.51. The van der Waals surface area contributed by atoms with Crippen molar-refractivity contribution >= 4 is 11.1 Å². The van der Waals surface area contributed by atoms with Crippen molar-refractivity contribution in [2.24, 2.45) is 0 Å². The minimum Gasteiger partial charge on any atom is -0.497 e. The fourth-order valence-electron chi connectivity index (χ4n) is 0.965. The van der Waals surface area contributed by atoms with Crippen LogP contribution in [0.15, 0.2) is 29.0 Å². The van der Waals surface area contributed by atoms with Crippen molar-refractivity contribution in [3.05, 3.63) is 24.6 Å². The second-order valence-corrected chi connectivity index (χ2v) is 2.19. The lowest BCUT2D eigenvalue weighted by Gasteiger charge is -1.95. The summed E-state index contributed by atoms with van der Waals surface area (Å²) < 4.78 is 10.1. The van der Waals surface area contributed by atoms with Crippen LogP contribution in [-0.4, -0.2) is 12.1 Å². The van der Waals surface area contributed by atoms with E-state index in [-0.39, 0.29) is 0 Å². The fraction of sp³-hybridized carbons (Fsp3) is 0.125. The molecule has 0 aliphatic rings. The molecule has 2 aromatic rings. The van der Waals surface area contributed by atoms with Gasteiger partial charge in [0.05, 0.1) is 7.11 Å². The van der Waals surface area contributed by atoms with E-state index in [1.165, 1.54) is 6.39 Å². The third kappa shape index (κ3) is 0.941. The van der Waals surface area contributed by atoms with Crippen LogP contribution in [0.4, 0.5) is 0 Å². The average molecular weight is 149 g/mol. The van der Waals surface area contributed by atoms with Gasteiger partial charge in [-0.05, 0) is 12.1 Å². The lowest BCUT2D eigenvalue weighted by atomic mass is 10.3. The normalized spacial score (nSPS) is 10.3. The number of fused-ring (bicyclic) bond motifs is 1. The van der Waals surface area contributed by atoms with Crippen molar-refractivity contribution in [2.75, 3.05) is 7.11 Å². The number of nitrogens with zero attached hydrogens (tertiary/aromatic N) is 1. The SMILES string of the molecule is COc1ccc2ocnc2c1. The summed E-state index contributed by atoms with van der Waals surface area (Å²) in [5.74, 6) is 0.798. The van der Waals surface area contributed by atoms with Crippen LogP contribution in [0.3, 0.4) is 0 Å². The number of hydrogen-bond acceptors (Lipinski definition) is 3. The minimum atomic E-state index is 0.783. The lowest BCUT2D eigenvalue weighted by molar-refractivity contribution is 0.415. The van der Waals surface area contributed by atoms with Gasteiger partial charge in [-0.3, -0.25) is 0 Å². The molecule has 1 aromatic carbocycles. The van der Waals surface area contributed by atoms with Crippen LogP contribution in [0.25, 0.3) is 11.1 Å². The first-order valence-electron chi connectivity index (χ1n) is 3.27. The van der Waals surface area contributed by atoms with Crippen LogP contribution >= 0.6 is 0 Å². The molecule has 0 fully saturated rings. The van der Waals surface area contributed by atoms with E-state index in [9.17, 15) is 0 Å². The van der Waals surface area contributed by atoms with E-state index in [1.807, 2.05) is 18.2 Å². The smallest absolute Gasteiger partial charge is 0.181 e. The summed E-state index contributed by atoms with van der Waals surface area (Å²) >= 11 is 0. The summed E-state index contributed by atoms with van der Waals surface area (Å²) in [6.45, 7) is 0. The highest BCUT2D eigenvalue weighted by Gasteiger charge is 1.98. The zero-order valence-corrected chi connectivity index (χ0v) is 6.07. The molecular formula is C8H7NO2. The third-order valence-corrected chi connectivity index (χ3v) is 1.54. The summed E-state index contributed by atoms with van der Waals surface area (Å²) in [5.41, 5.74) is 1.61. The topological polar surface area (TPSA) is 35.3 Å². The molecule has 0 amide bonds. The molecule has 3 nitrogen and oxygen atoms in total. The van der Waals surface area contributed by atoms with Crippen LogP contribution < -0.4 is 4.74 Å². The second kappa shape index (κ2) is 2.27. The van der Waals surface area contributed by atoms with Crippen LogP contribution in [-0.2, 0) is 0 Å². The average Bonchev–Trinajstić information content (AvgIpc) is 2.50. The van der Waals surface area contributed by atoms with E-state index in [0.29, 0.717) is 0 Å². The monoisotopic (exact) mass is 149 g/mol. The Morgan fingerprint density at radius 3 is 3.18 bits per heavy atom. The van der Waals surface area contributed by atoms with Crippen LogP contribution in [0.5, 0.6) is 5.75 Å². The first kappa shape index (κ1) is 6.22. The molecule has 0 saturated heterocycles. The number of rotatable bonds is 1. The van der Waals surface area contributed by atoms with E-state index in [0.717, 1.165) is 16.8 Å². The Bertz CT molecular complexity index is 367. The number of methoxy groups -OCH3 is 1. The van der Waals surface area contributed by atoms with Crippen LogP contribution in [0.2, 0.25) is 0 Å². The molecule has 0 bridgehead atoms. The van der Waals surface area contributed by atoms with Gasteiger partial charge in [0.25, 0.3) is 0 Å². The Kier molecular flexibility index (Phi) is 1.28. The van der Waals surface area contributed by atoms with Crippen molar-refractivity contribution in [3.8, 4) is 5.75 Å². The molecule has 2 rings (SSSR count). The van der Waals surface area contributed by atoms with Crippen molar-refractivity contribution in [1.82, 2.24) is 4.98 Å². The largest absolute Gasteiger partial charge is 0.497 e. The number of ether oxygens (including phenoxy) is 1. The molecule has 0 aliphatic carbocycles. The quantitative estimate of drug-likeness (QED) is 0.620. The summed E-state index contributed by atoms with van der Waals surface area (Å²) in [6.07, 6.45) is 1.42. The van der Waals surface area contributed by atoms with Crippen LogP contribution in [0.1, 0.15) is 0 Å². The van der Waals surface area contributed by atoms with Crippen molar-refractivity contribution in [2.45, 2.75) is 0 Å². The molecule has 0 aliphatic heterocycles. The van der Waals surface area contributed by atoms with Crippen molar-refractivity contribution in [1.29, 1.82) is 0 Å². The van der Waals surface area contributed by atoms with Gasteiger partial charge in [0.1, 0.15) is 11.3 Å². The van der Waals surface area contributed by atoms with Gasteiger partial charge in [0, 0.05) is 6.07 Å². The Morgan fingerprint density at radius 1 is 1.45 bits per heavy atom. The molecular weight excluding hydrogens is 142 g/mol. The summed E-state index contributed by atoms with van der Waals surface area (Å²) in [7, 11) is 1.63. The van der Waals surface area contributed by atoms with E-state index in [4.69, 9.17) is 9.15 Å². The Morgan fingerprint density at radius 2 is 2.36 bits per heavy atom. The van der Waals surface area contributed by atoms with E-state index in [2.05, 4.69) is 4.98 Å². The molecule has 1 aromatic heterocycles. The minimum absolute atomic E-state index is 0.783. The molecule has 11 heavy (non-hydrogen) atoms. The fourth-order valence-corrected chi connectivity index (χ4v) is 0.965. The van der Waals surface area contributed by atoms with Crippen LogP contribution in [0, 0.1) is 0 Å². The van der Waals surface area contributed by atoms with Gasteiger partial charge in [0.2, 0.25) is 0 Å². The lowest BCUT2D eigenvalue weighted by Crippen LogP contribution is -1.80. The van der Waals surface area contributed by atoms with E-state index < -0.39 is 0 Å². The maximum atomic E-state index is 5.05. The molecule has 3 heteroatoms.